The topological polar surface area (TPSA) is 37.3 Å². The van der Waals surface area contributed by atoms with Crippen LogP contribution in [0.2, 0.25) is 0 Å². The highest BCUT2D eigenvalue weighted by Gasteiger charge is 2.34. The van der Waals surface area contributed by atoms with E-state index >= 15 is 0 Å². The van der Waals surface area contributed by atoms with Crippen molar-refractivity contribution in [3.63, 3.8) is 0 Å². The molecule has 3 rings (SSSR count). The molecule has 0 saturated heterocycles. The van der Waals surface area contributed by atoms with Crippen LogP contribution in [0, 0.1) is 12.7 Å². The van der Waals surface area contributed by atoms with E-state index in [1.54, 1.807) is 30.5 Å². The van der Waals surface area contributed by atoms with Gasteiger partial charge in [0.15, 0.2) is 0 Å². The summed E-state index contributed by atoms with van der Waals surface area (Å²) >= 11 is 1.43. The Labute approximate surface area is 151 Å². The van der Waals surface area contributed by atoms with Crippen molar-refractivity contribution in [1.29, 1.82) is 0 Å². The van der Waals surface area contributed by atoms with E-state index in [1.165, 1.54) is 17.4 Å². The van der Waals surface area contributed by atoms with Crippen LogP contribution in [0.4, 0.5) is 22.7 Å². The van der Waals surface area contributed by atoms with Crippen molar-refractivity contribution in [2.24, 2.45) is 5.10 Å². The van der Waals surface area contributed by atoms with E-state index in [0.29, 0.717) is 16.3 Å². The average molecular weight is 379 g/mol. The van der Waals surface area contributed by atoms with Crippen LogP contribution >= 0.6 is 11.3 Å². The molecular formula is C18H13F4N3S. The van der Waals surface area contributed by atoms with Gasteiger partial charge in [-0.15, -0.1) is 11.3 Å². The van der Waals surface area contributed by atoms with Gasteiger partial charge in [0, 0.05) is 5.38 Å². The van der Waals surface area contributed by atoms with Crippen molar-refractivity contribution in [3.8, 4) is 11.1 Å². The summed E-state index contributed by atoms with van der Waals surface area (Å²) in [5, 5.41) is 6.62. The van der Waals surface area contributed by atoms with Crippen LogP contribution in [-0.2, 0) is 6.18 Å². The third kappa shape index (κ3) is 4.26. The van der Waals surface area contributed by atoms with Gasteiger partial charge >= 0.3 is 6.18 Å². The number of aryl methyl sites for hydroxylation is 1. The molecule has 0 spiro atoms. The number of aromatic nitrogens is 1. The van der Waals surface area contributed by atoms with Gasteiger partial charge in [0.2, 0.25) is 5.13 Å². The lowest BCUT2D eigenvalue weighted by Gasteiger charge is -2.10. The minimum atomic E-state index is -4.73. The maximum absolute atomic E-state index is 13.4. The molecule has 8 heteroatoms. The maximum Gasteiger partial charge on any atom is 0.419 e. The molecule has 2 aromatic carbocycles. The summed E-state index contributed by atoms with van der Waals surface area (Å²) in [6.07, 6.45) is -3.15. The van der Waals surface area contributed by atoms with Gasteiger partial charge in [0.25, 0.3) is 0 Å². The minimum absolute atomic E-state index is 0.290. The Kier molecular flexibility index (Phi) is 5.03. The Morgan fingerprint density at radius 1 is 1.08 bits per heavy atom. The average Bonchev–Trinajstić information content (AvgIpc) is 3.00. The molecule has 0 aliphatic heterocycles. The number of alkyl halides is 3. The fraction of sp³-hybridized carbons (Fsp3) is 0.111. The quantitative estimate of drug-likeness (QED) is 0.357. The highest BCUT2D eigenvalue weighted by Crippen LogP contribution is 2.34. The first kappa shape index (κ1) is 18.1. The van der Waals surface area contributed by atoms with Crippen molar-refractivity contribution >= 4 is 22.7 Å². The molecule has 134 valence electrons. The molecule has 0 fully saturated rings. The zero-order valence-electron chi connectivity index (χ0n) is 13.5. The first-order valence-corrected chi connectivity index (χ1v) is 8.39. The zero-order valence-corrected chi connectivity index (χ0v) is 14.3. The highest BCUT2D eigenvalue weighted by molar-refractivity contribution is 7.13. The standard InChI is InChI=1S/C18H13F4N3S/c1-11-10-26-17(24-11)25-23-9-12-2-4-13(5-3-12)14-6-7-16(19)15(8-14)18(20,21)22/h2-10H,1H3,(H,24,25). The third-order valence-electron chi connectivity index (χ3n) is 3.51. The van der Waals surface area contributed by atoms with Gasteiger partial charge in [-0.3, -0.25) is 5.43 Å². The number of nitrogens with one attached hydrogen (secondary N) is 1. The van der Waals surface area contributed by atoms with E-state index in [4.69, 9.17) is 0 Å². The number of nitrogens with zero attached hydrogens (tertiary/aromatic N) is 2. The number of halogens is 4. The molecule has 26 heavy (non-hydrogen) atoms. The third-order valence-corrected chi connectivity index (χ3v) is 4.37. The molecule has 0 bridgehead atoms. The number of hydrogen-bond acceptors (Lipinski definition) is 4. The number of rotatable bonds is 4. The number of anilines is 1. The van der Waals surface area contributed by atoms with Crippen LogP contribution in [-0.4, -0.2) is 11.2 Å². The summed E-state index contributed by atoms with van der Waals surface area (Å²) in [6, 6.07) is 9.69. The van der Waals surface area contributed by atoms with Crippen LogP contribution in [0.25, 0.3) is 11.1 Å². The van der Waals surface area contributed by atoms with Gasteiger partial charge in [0.1, 0.15) is 5.82 Å². The van der Waals surface area contributed by atoms with E-state index in [1.807, 2.05) is 12.3 Å². The number of hydrazone groups is 1. The van der Waals surface area contributed by atoms with Crippen LogP contribution < -0.4 is 5.43 Å². The van der Waals surface area contributed by atoms with Crippen molar-refractivity contribution in [1.82, 2.24) is 4.98 Å². The largest absolute Gasteiger partial charge is 0.419 e. The second-order valence-corrected chi connectivity index (χ2v) is 6.34. The Morgan fingerprint density at radius 3 is 2.38 bits per heavy atom. The molecule has 3 nitrogen and oxygen atoms in total. The maximum atomic E-state index is 13.4. The molecule has 0 unspecified atom stereocenters. The molecule has 0 atom stereocenters. The Hall–Kier alpha value is -2.74. The predicted octanol–water partition coefficient (Wildman–Crippen LogP) is 5.72. The van der Waals surface area contributed by atoms with E-state index in [9.17, 15) is 17.6 Å². The van der Waals surface area contributed by atoms with Crippen LogP contribution in [0.1, 0.15) is 16.8 Å². The monoisotopic (exact) mass is 379 g/mol. The van der Waals surface area contributed by atoms with Crippen molar-refractivity contribution in [2.45, 2.75) is 13.1 Å². The first-order valence-electron chi connectivity index (χ1n) is 7.51. The fourth-order valence-electron chi connectivity index (χ4n) is 2.25. The summed E-state index contributed by atoms with van der Waals surface area (Å²) in [7, 11) is 0. The Morgan fingerprint density at radius 2 is 1.77 bits per heavy atom. The Bertz CT molecular complexity index is 930. The molecular weight excluding hydrogens is 366 g/mol. The molecule has 1 aromatic heterocycles. The lowest BCUT2D eigenvalue weighted by Crippen LogP contribution is -2.08. The zero-order chi connectivity index (χ0) is 18.7. The van der Waals surface area contributed by atoms with E-state index in [-0.39, 0.29) is 0 Å². The second kappa shape index (κ2) is 7.25. The van der Waals surface area contributed by atoms with Gasteiger partial charge in [-0.25, -0.2) is 9.37 Å². The predicted molar refractivity (Wildman–Crippen MR) is 94.9 cm³/mol. The van der Waals surface area contributed by atoms with E-state index in [0.717, 1.165) is 23.4 Å². The minimum Gasteiger partial charge on any atom is -0.253 e. The summed E-state index contributed by atoms with van der Waals surface area (Å²) in [5.41, 5.74) is 4.02. The van der Waals surface area contributed by atoms with Crippen molar-refractivity contribution in [3.05, 3.63) is 70.5 Å². The molecule has 0 aliphatic carbocycles. The summed E-state index contributed by atoms with van der Waals surface area (Å²) < 4.78 is 51.8. The van der Waals surface area contributed by atoms with E-state index < -0.39 is 17.6 Å². The first-order chi connectivity index (χ1) is 12.3. The number of benzene rings is 2. The van der Waals surface area contributed by atoms with Crippen LogP contribution in [0.3, 0.4) is 0 Å². The molecule has 0 amide bonds. The Balaban J connectivity index is 1.75. The van der Waals surface area contributed by atoms with Crippen LogP contribution in [0.5, 0.6) is 0 Å². The molecule has 0 saturated carbocycles. The number of thiazole rings is 1. The van der Waals surface area contributed by atoms with Gasteiger partial charge in [0.05, 0.1) is 17.5 Å². The van der Waals surface area contributed by atoms with Gasteiger partial charge in [-0.1, -0.05) is 30.3 Å². The second-order valence-electron chi connectivity index (χ2n) is 5.48. The van der Waals surface area contributed by atoms with Gasteiger partial charge in [-0.05, 0) is 35.7 Å². The normalized spacial score (nSPS) is 11.9. The molecule has 0 radical (unpaired) electrons. The molecule has 3 aromatic rings. The highest BCUT2D eigenvalue weighted by atomic mass is 32.1. The van der Waals surface area contributed by atoms with Gasteiger partial charge < -0.3 is 0 Å². The van der Waals surface area contributed by atoms with Crippen molar-refractivity contribution < 1.29 is 17.6 Å². The number of hydrogen-bond donors (Lipinski definition) is 1. The lowest BCUT2D eigenvalue weighted by molar-refractivity contribution is -0.139. The summed E-state index contributed by atoms with van der Waals surface area (Å²) in [6.45, 7) is 1.88. The van der Waals surface area contributed by atoms with E-state index in [2.05, 4.69) is 15.5 Å². The lowest BCUT2D eigenvalue weighted by atomic mass is 10.0. The molecule has 1 heterocycles. The molecule has 0 aliphatic rings. The fourth-order valence-corrected chi connectivity index (χ4v) is 2.89. The van der Waals surface area contributed by atoms with Crippen molar-refractivity contribution in [2.75, 3.05) is 5.43 Å². The van der Waals surface area contributed by atoms with Gasteiger partial charge in [-0.2, -0.15) is 18.3 Å². The summed E-state index contributed by atoms with van der Waals surface area (Å²) in [5.74, 6) is -1.28. The smallest absolute Gasteiger partial charge is 0.253 e. The SMILES string of the molecule is Cc1csc(NN=Cc2ccc(-c3ccc(F)c(C(F)(F)F)c3)cc2)n1. The summed E-state index contributed by atoms with van der Waals surface area (Å²) in [4.78, 5) is 4.20. The molecule has 1 N–H and O–H groups in total. The van der Waals surface area contributed by atoms with Crippen LogP contribution in [0.15, 0.2) is 52.9 Å².